The monoisotopic (exact) mass is 2000 g/mol. The number of benzene rings is 1. The fourth-order valence-corrected chi connectivity index (χ4v) is 29.8. The van der Waals surface area contributed by atoms with E-state index in [4.69, 9.17) is 28.4 Å². The van der Waals surface area contributed by atoms with Gasteiger partial charge in [-0.1, -0.05) is 328 Å². The summed E-state index contributed by atoms with van der Waals surface area (Å²) in [6.07, 6.45) is 93.3. The van der Waals surface area contributed by atoms with Crippen molar-refractivity contribution in [2.24, 2.45) is 35.0 Å². The maximum absolute atomic E-state index is 13.8. The molecule has 820 valence electrons. The third-order valence-electron chi connectivity index (χ3n) is 39.1. The second-order valence-corrected chi connectivity index (χ2v) is 50.9. The number of unbranched alkanes of at least 4 members (excludes halogenated alkanes) is 6. The molecule has 1 aromatic carbocycles. The number of hydrogen-bond donors (Lipinski definition) is 1. The zero-order valence-electron chi connectivity index (χ0n) is 94.7. The van der Waals surface area contributed by atoms with Crippen LogP contribution in [0.5, 0.6) is 0 Å². The van der Waals surface area contributed by atoms with Crippen LogP contribution in [0.2, 0.25) is 0 Å². The van der Waals surface area contributed by atoms with Crippen molar-refractivity contribution in [1.29, 1.82) is 0 Å². The lowest BCUT2D eigenvalue weighted by atomic mass is 9.46. The summed E-state index contributed by atoms with van der Waals surface area (Å²) >= 11 is 0. The topological polar surface area (TPSA) is 186 Å². The average Bonchev–Trinajstić information content (AvgIpc) is 0.773. The Morgan fingerprint density at radius 1 is 0.308 bits per heavy atom. The van der Waals surface area contributed by atoms with Gasteiger partial charge in [0.15, 0.2) is 0 Å². The molecule has 16 saturated carbocycles. The molecule has 143 heavy (non-hydrogen) atoms. The molecule has 1 N–H and O–H groups in total. The number of carbonyl (C=O) groups is 6. The molecule has 1 unspecified atom stereocenters. The molecule has 0 aromatic heterocycles. The SMILES string of the molecule is CC(C)(OC(=O)N(C1CCCCC1)C1CCCCC1)C12CC3CC(CC(C3)C1)C2.CC(C)(OC(=O)N(C1CCCCC1)C1CCCCC1)C1CCCC1.CC(OC(=O)N(C1CCCCC1)C1CCCCC1)c1ccccc1.CCC(C)(C)OC(=O)N(C1CCCCC1)C1CCCCC1.CCC(CC)(CC)OC(=O)N(C1CCCCC1)C1CCCCC1.CCCCCCCCCNC(=O)OC(C)(C)C1CCCCC1. The molecule has 0 radical (unpaired) electrons. The van der Waals surface area contributed by atoms with Crippen molar-refractivity contribution in [2.75, 3.05) is 6.54 Å². The summed E-state index contributed by atoms with van der Waals surface area (Å²) in [6.45, 7) is 30.5. The third-order valence-corrected chi connectivity index (χ3v) is 39.1. The van der Waals surface area contributed by atoms with Gasteiger partial charge in [-0.25, -0.2) is 28.8 Å². The highest BCUT2D eigenvalue weighted by Gasteiger charge is 2.60. The molecular formula is C125H218N6O12. The first kappa shape index (κ1) is 118. The Hall–Kier alpha value is -5.16. The van der Waals surface area contributed by atoms with Crippen molar-refractivity contribution in [1.82, 2.24) is 29.8 Å². The van der Waals surface area contributed by atoms with Crippen molar-refractivity contribution < 1.29 is 57.2 Å². The van der Waals surface area contributed by atoms with E-state index >= 15 is 0 Å². The van der Waals surface area contributed by atoms with Gasteiger partial charge < -0.3 is 58.2 Å². The number of nitrogens with one attached hydrogen (secondary N) is 1. The van der Waals surface area contributed by atoms with Crippen molar-refractivity contribution in [2.45, 2.75) is 679 Å². The highest BCUT2D eigenvalue weighted by molar-refractivity contribution is 5.72. The normalized spacial score (nSPS) is 24.7. The molecule has 18 heteroatoms. The largest absolute Gasteiger partial charge is 0.443 e. The van der Waals surface area contributed by atoms with Gasteiger partial charge in [0, 0.05) is 72.4 Å². The first-order chi connectivity index (χ1) is 69.0. The quantitative estimate of drug-likeness (QED) is 0.0532. The van der Waals surface area contributed by atoms with Crippen molar-refractivity contribution in [3.63, 3.8) is 0 Å². The van der Waals surface area contributed by atoms with Crippen LogP contribution in [-0.4, -0.2) is 156 Å². The molecule has 0 heterocycles. The van der Waals surface area contributed by atoms with E-state index in [1.165, 1.54) is 405 Å². The average molecular weight is 2000 g/mol. The summed E-state index contributed by atoms with van der Waals surface area (Å²) in [4.78, 5) is 88.8. The maximum atomic E-state index is 13.8. The van der Waals surface area contributed by atoms with Crippen LogP contribution in [0.3, 0.4) is 0 Å². The minimum Gasteiger partial charge on any atom is -0.443 e. The van der Waals surface area contributed by atoms with Crippen LogP contribution in [0, 0.1) is 35.0 Å². The Labute approximate surface area is 875 Å². The van der Waals surface area contributed by atoms with E-state index in [0.29, 0.717) is 72.3 Å². The van der Waals surface area contributed by atoms with Crippen LogP contribution in [0.1, 0.15) is 597 Å². The Bertz CT molecular complexity index is 3560. The summed E-state index contributed by atoms with van der Waals surface area (Å²) in [6, 6.07) is 14.2. The van der Waals surface area contributed by atoms with Gasteiger partial charge in [-0.05, 0) is 322 Å². The molecule has 0 spiro atoms. The van der Waals surface area contributed by atoms with Gasteiger partial charge in [-0.15, -0.1) is 0 Å². The molecule has 16 aliphatic carbocycles. The smallest absolute Gasteiger partial charge is 0.410 e. The third kappa shape index (κ3) is 36.6. The van der Waals surface area contributed by atoms with Crippen molar-refractivity contribution in [3.05, 3.63) is 35.9 Å². The number of rotatable bonds is 32. The van der Waals surface area contributed by atoms with Gasteiger partial charge >= 0.3 is 36.6 Å². The lowest BCUT2D eigenvalue weighted by molar-refractivity contribution is -0.169. The standard InChI is InChI=1S/C26H43NO2.C21H37NO2.C21H31NO2.C20H37NO2.C19H37NO2.C18H33NO2/c1-25(2,26-16-19-13-20(17-26)15-21(14-19)18-26)29-24(28)27(22-9-5-3-6-10-22)23-11-7-4-8-12-23;1-21(2,17-11-9-10-12-17)24-20(23)22(18-13-5-3-6-14-18)19-15-7-4-8-16-19;1-17(18-11-5-2-6-12-18)24-21(23)22(19-13-7-3-8-14-19)20-15-9-4-10-16-20;1-4-20(5-2,6-3)23-19(22)21(17-13-9-7-10-14-17)18-15-11-8-12-16-18;1-4-5-6-7-8-9-13-16-20-18(21)22-19(2,3)17-14-11-10-12-15-17;1-4-18(2,3)21-17(20)19(15-11-7-5-8-12-15)16-13-9-6-10-14-16/h19-23H,3-18H2,1-2H3;17-19H,3-16H2,1-2H3;2,5-6,11-12,17,19-20H,3-4,7-10,13-16H2,1H3;17-18H,4-16H2,1-3H3;17H,4-16H2,1-3H3,(H,20,21);15-16H,4-14H2,1-3H3. The van der Waals surface area contributed by atoms with E-state index < -0.39 is 0 Å². The summed E-state index contributed by atoms with van der Waals surface area (Å²) in [5, 5.41) is 2.92. The summed E-state index contributed by atoms with van der Waals surface area (Å²) in [7, 11) is 0. The maximum Gasteiger partial charge on any atom is 0.410 e. The van der Waals surface area contributed by atoms with Gasteiger partial charge in [0.1, 0.15) is 34.1 Å². The Kier molecular flexibility index (Phi) is 50.2. The van der Waals surface area contributed by atoms with Gasteiger partial charge in [-0.3, -0.25) is 0 Å². The first-order valence-electron chi connectivity index (χ1n) is 62.1. The van der Waals surface area contributed by atoms with E-state index in [1.807, 2.05) is 51.1 Å². The van der Waals surface area contributed by atoms with Crippen molar-refractivity contribution >= 4 is 36.6 Å². The van der Waals surface area contributed by atoms with Crippen molar-refractivity contribution in [3.8, 4) is 0 Å². The molecule has 18 nitrogen and oxygen atoms in total. The van der Waals surface area contributed by atoms with Crippen LogP contribution in [0.25, 0.3) is 0 Å². The molecular weight excluding hydrogens is 1780 g/mol. The second-order valence-electron chi connectivity index (χ2n) is 50.9. The van der Waals surface area contributed by atoms with Crippen LogP contribution < -0.4 is 5.32 Å². The summed E-state index contributed by atoms with van der Waals surface area (Å²) < 4.78 is 36.3. The second kappa shape index (κ2) is 60.8. The number of amides is 6. The minimum atomic E-state index is -0.349. The van der Waals surface area contributed by atoms with Crippen LogP contribution >= 0.6 is 0 Å². The molecule has 1 atom stereocenters. The van der Waals surface area contributed by atoms with E-state index in [9.17, 15) is 28.8 Å². The predicted octanol–water partition coefficient (Wildman–Crippen LogP) is 36.2. The van der Waals surface area contributed by atoms with Crippen LogP contribution in [0.4, 0.5) is 28.8 Å². The van der Waals surface area contributed by atoms with Gasteiger partial charge in [-0.2, -0.15) is 0 Å². The molecule has 17 rings (SSSR count). The van der Waals surface area contributed by atoms with Gasteiger partial charge in [0.05, 0.1) is 0 Å². The number of ether oxygens (including phenoxy) is 6. The molecule has 0 saturated heterocycles. The zero-order valence-corrected chi connectivity index (χ0v) is 94.7. The number of alkyl carbamates (subject to hydrolysis) is 1. The fourth-order valence-electron chi connectivity index (χ4n) is 29.8. The number of carbonyl (C=O) groups excluding carboxylic acids is 6. The van der Waals surface area contributed by atoms with E-state index in [2.05, 4.69) is 106 Å². The summed E-state index contributed by atoms with van der Waals surface area (Å²) in [5.74, 6) is 3.75. The minimum absolute atomic E-state index is 0.00861. The van der Waals surface area contributed by atoms with Gasteiger partial charge in [0.2, 0.25) is 0 Å². The van der Waals surface area contributed by atoms with Crippen LogP contribution in [-0.2, 0) is 28.4 Å². The Balaban J connectivity index is 0.000000164. The fraction of sp³-hybridized carbons (Fsp3) is 0.904. The van der Waals surface area contributed by atoms with Gasteiger partial charge in [0.25, 0.3) is 0 Å². The van der Waals surface area contributed by atoms with Crippen LogP contribution in [0.15, 0.2) is 30.3 Å². The Morgan fingerprint density at radius 3 is 0.867 bits per heavy atom. The molecule has 16 fully saturated rings. The molecule has 16 aliphatic rings. The lowest BCUT2D eigenvalue weighted by Gasteiger charge is -2.61. The molecule has 1 aromatic rings. The molecule has 6 amide bonds. The predicted molar refractivity (Wildman–Crippen MR) is 587 cm³/mol. The first-order valence-corrected chi connectivity index (χ1v) is 62.1. The zero-order chi connectivity index (χ0) is 102. The highest BCUT2D eigenvalue weighted by atomic mass is 16.6. The van der Waals surface area contributed by atoms with E-state index in [0.717, 1.165) is 113 Å². The number of nitrogens with zero attached hydrogens (tertiary/aromatic N) is 5. The van der Waals surface area contributed by atoms with E-state index in [1.54, 1.807) is 0 Å². The van der Waals surface area contributed by atoms with E-state index in [-0.39, 0.29) is 76.1 Å². The molecule has 0 aliphatic heterocycles. The highest BCUT2D eigenvalue weighted by Crippen LogP contribution is 2.65. The molecule has 4 bridgehead atoms. The lowest BCUT2D eigenvalue weighted by Crippen LogP contribution is -2.59. The summed E-state index contributed by atoms with van der Waals surface area (Å²) in [5.41, 5.74) is -0.279. The Morgan fingerprint density at radius 2 is 0.566 bits per heavy atom. The number of hydrogen-bond acceptors (Lipinski definition) is 12.